The number of hydrogen-bond donors (Lipinski definition) is 1. The van der Waals surface area contributed by atoms with Gasteiger partial charge in [0.25, 0.3) is 0 Å². The molecule has 2 atom stereocenters. The van der Waals surface area contributed by atoms with Crippen LogP contribution >= 0.6 is 11.3 Å². The van der Waals surface area contributed by atoms with E-state index >= 15 is 0 Å². The third-order valence-electron chi connectivity index (χ3n) is 4.50. The lowest BCUT2D eigenvalue weighted by molar-refractivity contribution is 0.0849. The highest BCUT2D eigenvalue weighted by molar-refractivity contribution is 7.09. The van der Waals surface area contributed by atoms with E-state index in [4.69, 9.17) is 5.73 Å². The normalized spacial score (nSPS) is 29.1. The highest BCUT2D eigenvalue weighted by atomic mass is 32.1. The Kier molecular flexibility index (Phi) is 3.85. The van der Waals surface area contributed by atoms with Crippen molar-refractivity contribution in [3.63, 3.8) is 0 Å². The number of nitrogens with two attached hydrogens (primary N) is 1. The molecule has 1 aromatic heterocycles. The maximum Gasteiger partial charge on any atom is 0.0798 e. The fourth-order valence-corrected chi connectivity index (χ4v) is 3.94. The Morgan fingerprint density at radius 3 is 2.88 bits per heavy atom. The third-order valence-corrected chi connectivity index (χ3v) is 5.42. The van der Waals surface area contributed by atoms with E-state index < -0.39 is 0 Å². The molecule has 2 N–H and O–H groups in total. The van der Waals surface area contributed by atoms with Gasteiger partial charge in [0.1, 0.15) is 0 Å². The minimum absolute atomic E-state index is 0.205. The van der Waals surface area contributed by atoms with E-state index in [1.165, 1.54) is 29.8 Å². The van der Waals surface area contributed by atoms with Crippen molar-refractivity contribution in [1.82, 2.24) is 9.88 Å². The third kappa shape index (κ3) is 2.26. The van der Waals surface area contributed by atoms with Crippen LogP contribution in [0.3, 0.4) is 0 Å². The first-order valence-corrected chi connectivity index (χ1v) is 7.28. The SMILES string of the molecule is Cc1ncsc1CN(C)C1(CN)CCCC1C. The molecule has 0 amide bonds. The molecule has 0 radical (unpaired) electrons. The minimum atomic E-state index is 0.205. The molecule has 2 rings (SSSR count). The molecule has 1 aromatic rings. The van der Waals surface area contributed by atoms with Gasteiger partial charge in [-0.2, -0.15) is 0 Å². The maximum absolute atomic E-state index is 6.07. The molecule has 3 nitrogen and oxygen atoms in total. The first-order valence-electron chi connectivity index (χ1n) is 6.40. The van der Waals surface area contributed by atoms with Gasteiger partial charge in [-0.15, -0.1) is 11.3 Å². The predicted molar refractivity (Wildman–Crippen MR) is 73.1 cm³/mol. The van der Waals surface area contributed by atoms with Gasteiger partial charge in [-0.1, -0.05) is 13.3 Å². The van der Waals surface area contributed by atoms with Crippen LogP contribution in [0.4, 0.5) is 0 Å². The van der Waals surface area contributed by atoms with Gasteiger partial charge in [0, 0.05) is 23.5 Å². The number of rotatable bonds is 4. The lowest BCUT2D eigenvalue weighted by Gasteiger charge is -2.41. The second-order valence-electron chi connectivity index (χ2n) is 5.32. The molecular formula is C13H23N3S. The van der Waals surface area contributed by atoms with Crippen LogP contribution in [0.1, 0.15) is 36.8 Å². The molecule has 0 aliphatic heterocycles. The second kappa shape index (κ2) is 5.04. The summed E-state index contributed by atoms with van der Waals surface area (Å²) in [6.45, 7) is 6.18. The van der Waals surface area contributed by atoms with Crippen LogP contribution in [0.25, 0.3) is 0 Å². The Bertz CT molecular complexity index is 376. The molecule has 1 fully saturated rings. The van der Waals surface area contributed by atoms with Gasteiger partial charge >= 0.3 is 0 Å². The quantitative estimate of drug-likeness (QED) is 0.896. The number of likely N-dealkylation sites (N-methyl/N-ethyl adjacent to an activating group) is 1. The molecule has 0 saturated heterocycles. The number of hydrogen-bond acceptors (Lipinski definition) is 4. The lowest BCUT2D eigenvalue weighted by Crippen LogP contribution is -2.53. The van der Waals surface area contributed by atoms with E-state index in [-0.39, 0.29) is 5.54 Å². The van der Waals surface area contributed by atoms with Crippen LogP contribution in [-0.2, 0) is 6.54 Å². The van der Waals surface area contributed by atoms with E-state index in [9.17, 15) is 0 Å². The standard InChI is InChI=1S/C13H23N3S/c1-10-5-4-6-13(10,8-14)16(3)7-12-11(2)15-9-17-12/h9-10H,4-8,14H2,1-3H3. The average molecular weight is 253 g/mol. The minimum Gasteiger partial charge on any atom is -0.329 e. The van der Waals surface area contributed by atoms with Gasteiger partial charge < -0.3 is 5.73 Å². The summed E-state index contributed by atoms with van der Waals surface area (Å²) >= 11 is 1.75. The van der Waals surface area contributed by atoms with E-state index in [1.54, 1.807) is 11.3 Å². The summed E-state index contributed by atoms with van der Waals surface area (Å²) in [5, 5.41) is 0. The average Bonchev–Trinajstić information content (AvgIpc) is 2.87. The molecule has 2 unspecified atom stereocenters. The summed E-state index contributed by atoms with van der Waals surface area (Å²) in [5.41, 5.74) is 9.38. The van der Waals surface area contributed by atoms with Crippen LogP contribution < -0.4 is 5.73 Å². The molecule has 0 bridgehead atoms. The van der Waals surface area contributed by atoms with Crippen molar-refractivity contribution in [3.05, 3.63) is 16.1 Å². The summed E-state index contributed by atoms with van der Waals surface area (Å²) in [7, 11) is 2.22. The van der Waals surface area contributed by atoms with Gasteiger partial charge in [0.05, 0.1) is 11.2 Å². The van der Waals surface area contributed by atoms with E-state index in [0.29, 0.717) is 5.92 Å². The van der Waals surface area contributed by atoms with Crippen molar-refractivity contribution in [2.45, 2.75) is 45.2 Å². The zero-order valence-corrected chi connectivity index (χ0v) is 11.9. The number of aryl methyl sites for hydroxylation is 1. The highest BCUT2D eigenvalue weighted by Gasteiger charge is 2.42. The Labute approximate surface area is 108 Å². The first kappa shape index (κ1) is 13.0. The van der Waals surface area contributed by atoms with Crippen molar-refractivity contribution < 1.29 is 0 Å². The summed E-state index contributed by atoms with van der Waals surface area (Å²) in [6.07, 6.45) is 3.85. The van der Waals surface area contributed by atoms with Crippen LogP contribution in [0.5, 0.6) is 0 Å². The molecule has 17 heavy (non-hydrogen) atoms. The molecule has 0 spiro atoms. The van der Waals surface area contributed by atoms with E-state index in [0.717, 1.165) is 13.1 Å². The summed E-state index contributed by atoms with van der Waals surface area (Å²) in [4.78, 5) is 8.16. The summed E-state index contributed by atoms with van der Waals surface area (Å²) < 4.78 is 0. The largest absolute Gasteiger partial charge is 0.329 e. The Morgan fingerprint density at radius 2 is 2.41 bits per heavy atom. The zero-order chi connectivity index (χ0) is 12.5. The van der Waals surface area contributed by atoms with Crippen LogP contribution in [0.2, 0.25) is 0 Å². The van der Waals surface area contributed by atoms with Gasteiger partial charge in [0.2, 0.25) is 0 Å². The highest BCUT2D eigenvalue weighted by Crippen LogP contribution is 2.39. The van der Waals surface area contributed by atoms with Crippen LogP contribution in [-0.4, -0.2) is 29.0 Å². The molecular weight excluding hydrogens is 230 g/mol. The fraction of sp³-hybridized carbons (Fsp3) is 0.769. The van der Waals surface area contributed by atoms with Crippen molar-refractivity contribution >= 4 is 11.3 Å². The lowest BCUT2D eigenvalue weighted by atomic mass is 9.86. The van der Waals surface area contributed by atoms with Gasteiger partial charge in [0.15, 0.2) is 0 Å². The van der Waals surface area contributed by atoms with E-state index in [2.05, 4.69) is 30.8 Å². The van der Waals surface area contributed by atoms with Crippen molar-refractivity contribution in [2.75, 3.05) is 13.6 Å². The predicted octanol–water partition coefficient (Wildman–Crippen LogP) is 2.40. The molecule has 0 aromatic carbocycles. The molecule has 4 heteroatoms. The Morgan fingerprint density at radius 1 is 1.65 bits per heavy atom. The number of thiazole rings is 1. The van der Waals surface area contributed by atoms with Crippen LogP contribution in [0, 0.1) is 12.8 Å². The van der Waals surface area contributed by atoms with Crippen molar-refractivity contribution in [2.24, 2.45) is 11.7 Å². The number of aromatic nitrogens is 1. The number of nitrogens with zero attached hydrogens (tertiary/aromatic N) is 2. The Balaban J connectivity index is 2.13. The van der Waals surface area contributed by atoms with Crippen LogP contribution in [0.15, 0.2) is 5.51 Å². The Hall–Kier alpha value is -0.450. The van der Waals surface area contributed by atoms with Gasteiger partial charge in [-0.25, -0.2) is 4.98 Å². The molecule has 1 aliphatic carbocycles. The molecule has 1 heterocycles. The van der Waals surface area contributed by atoms with E-state index in [1.807, 2.05) is 5.51 Å². The maximum atomic E-state index is 6.07. The molecule has 1 aliphatic rings. The second-order valence-corrected chi connectivity index (χ2v) is 6.26. The summed E-state index contributed by atoms with van der Waals surface area (Å²) in [6, 6.07) is 0. The molecule has 96 valence electrons. The first-order chi connectivity index (χ1) is 8.10. The summed E-state index contributed by atoms with van der Waals surface area (Å²) in [5.74, 6) is 0.700. The van der Waals surface area contributed by atoms with Gasteiger partial charge in [-0.05, 0) is 32.7 Å². The molecule has 1 saturated carbocycles. The monoisotopic (exact) mass is 253 g/mol. The zero-order valence-electron chi connectivity index (χ0n) is 11.1. The van der Waals surface area contributed by atoms with Crippen molar-refractivity contribution in [1.29, 1.82) is 0 Å². The topological polar surface area (TPSA) is 42.2 Å². The smallest absolute Gasteiger partial charge is 0.0798 e. The van der Waals surface area contributed by atoms with Crippen molar-refractivity contribution in [3.8, 4) is 0 Å². The van der Waals surface area contributed by atoms with Gasteiger partial charge in [-0.3, -0.25) is 4.90 Å². The fourth-order valence-electron chi connectivity index (χ4n) is 3.11.